The Morgan fingerprint density at radius 1 is 1.53 bits per heavy atom. The molecule has 1 saturated carbocycles. The highest BCUT2D eigenvalue weighted by Crippen LogP contribution is 2.33. The van der Waals surface area contributed by atoms with Crippen molar-refractivity contribution in [3.05, 3.63) is 28.0 Å². The second-order valence-electron chi connectivity index (χ2n) is 4.66. The third-order valence-electron chi connectivity index (χ3n) is 3.43. The molecule has 19 heavy (non-hydrogen) atoms. The Kier molecular flexibility index (Phi) is 5.09. The van der Waals surface area contributed by atoms with Gasteiger partial charge in [0.2, 0.25) is 0 Å². The van der Waals surface area contributed by atoms with Crippen LogP contribution in [0.25, 0.3) is 0 Å². The van der Waals surface area contributed by atoms with Crippen molar-refractivity contribution in [3.8, 4) is 0 Å². The van der Waals surface area contributed by atoms with Crippen LogP contribution in [0.5, 0.6) is 0 Å². The maximum absolute atomic E-state index is 14.2. The third kappa shape index (κ3) is 3.41. The van der Waals surface area contributed by atoms with Gasteiger partial charge in [-0.2, -0.15) is 11.8 Å². The number of thioether (sulfide) groups is 1. The normalized spacial score (nSPS) is 22.5. The number of anilines is 1. The van der Waals surface area contributed by atoms with Crippen LogP contribution in [0.2, 0.25) is 0 Å². The summed E-state index contributed by atoms with van der Waals surface area (Å²) in [7, 11) is 0. The van der Waals surface area contributed by atoms with Crippen molar-refractivity contribution in [1.29, 1.82) is 0 Å². The summed E-state index contributed by atoms with van der Waals surface area (Å²) < 4.78 is 14.6. The molecule has 0 radical (unpaired) electrons. The highest BCUT2D eigenvalue weighted by molar-refractivity contribution is 9.10. The molecule has 0 amide bonds. The van der Waals surface area contributed by atoms with E-state index in [1.807, 2.05) is 11.8 Å². The molecule has 0 saturated heterocycles. The first-order valence-electron chi connectivity index (χ1n) is 6.10. The Hall–Kier alpha value is -0.330. The molecule has 1 fully saturated rings. The van der Waals surface area contributed by atoms with Crippen LogP contribution >= 0.6 is 39.9 Å². The highest BCUT2D eigenvalue weighted by atomic mass is 79.9. The molecule has 1 aromatic carbocycles. The number of nitrogens with one attached hydrogen (secondary N) is 1. The molecule has 3 N–H and O–H groups in total. The third-order valence-corrected chi connectivity index (χ3v) is 5.52. The predicted molar refractivity (Wildman–Crippen MR) is 88.6 cm³/mol. The Morgan fingerprint density at radius 3 is 2.84 bits per heavy atom. The molecule has 1 aliphatic carbocycles. The average Bonchev–Trinajstić information content (AvgIpc) is 2.82. The molecule has 6 heteroatoms. The van der Waals surface area contributed by atoms with E-state index in [9.17, 15) is 4.39 Å². The summed E-state index contributed by atoms with van der Waals surface area (Å²) in [6, 6.07) is 3.80. The SMILES string of the molecule is CSC1CCC(Nc2ccc(C(N)=S)c(Br)c2F)C1. The lowest BCUT2D eigenvalue weighted by atomic mass is 10.1. The van der Waals surface area contributed by atoms with E-state index in [1.54, 1.807) is 12.1 Å². The Bertz CT molecular complexity index is 496. The minimum atomic E-state index is -0.321. The molecular formula is C13H16BrFN2S2. The minimum Gasteiger partial charge on any atom is -0.389 e. The fourth-order valence-corrected chi connectivity index (χ4v) is 4.01. The molecule has 1 aliphatic rings. The first-order valence-corrected chi connectivity index (χ1v) is 8.59. The molecular weight excluding hydrogens is 347 g/mol. The van der Waals surface area contributed by atoms with Gasteiger partial charge in [-0.25, -0.2) is 4.39 Å². The van der Waals surface area contributed by atoms with Crippen LogP contribution in [0.1, 0.15) is 24.8 Å². The number of nitrogens with two attached hydrogens (primary N) is 1. The first-order chi connectivity index (χ1) is 9.02. The van der Waals surface area contributed by atoms with Crippen LogP contribution < -0.4 is 11.1 Å². The summed E-state index contributed by atoms with van der Waals surface area (Å²) in [5.74, 6) is -0.321. The van der Waals surface area contributed by atoms with Gasteiger partial charge in [-0.1, -0.05) is 12.2 Å². The van der Waals surface area contributed by atoms with Gasteiger partial charge in [0.25, 0.3) is 0 Å². The molecule has 0 aromatic heterocycles. The van der Waals surface area contributed by atoms with E-state index in [0.29, 0.717) is 27.0 Å². The lowest BCUT2D eigenvalue weighted by Crippen LogP contribution is -2.18. The van der Waals surface area contributed by atoms with Gasteiger partial charge < -0.3 is 11.1 Å². The first kappa shape index (κ1) is 15.1. The Morgan fingerprint density at radius 2 is 2.26 bits per heavy atom. The second-order valence-corrected chi connectivity index (χ2v) is 7.04. The lowest BCUT2D eigenvalue weighted by molar-refractivity contribution is 0.617. The Labute approximate surface area is 130 Å². The molecule has 0 spiro atoms. The van der Waals surface area contributed by atoms with Crippen molar-refractivity contribution in [1.82, 2.24) is 0 Å². The van der Waals surface area contributed by atoms with Gasteiger partial charge in [-0.3, -0.25) is 0 Å². The molecule has 104 valence electrons. The van der Waals surface area contributed by atoms with Crippen LogP contribution in [0, 0.1) is 5.82 Å². The fourth-order valence-electron chi connectivity index (χ4n) is 2.36. The van der Waals surface area contributed by atoms with Gasteiger partial charge in [0, 0.05) is 16.9 Å². The van der Waals surface area contributed by atoms with E-state index in [1.165, 1.54) is 6.42 Å². The summed E-state index contributed by atoms with van der Waals surface area (Å²) >= 11 is 9.99. The van der Waals surface area contributed by atoms with Crippen molar-refractivity contribution in [2.75, 3.05) is 11.6 Å². The molecule has 2 nitrogen and oxygen atoms in total. The van der Waals surface area contributed by atoms with Crippen LogP contribution in [0.4, 0.5) is 10.1 Å². The second kappa shape index (κ2) is 6.41. The molecule has 1 aromatic rings. The van der Waals surface area contributed by atoms with Crippen molar-refractivity contribution < 1.29 is 4.39 Å². The molecule has 0 bridgehead atoms. The summed E-state index contributed by atoms with van der Waals surface area (Å²) in [6.45, 7) is 0. The zero-order valence-electron chi connectivity index (χ0n) is 10.6. The van der Waals surface area contributed by atoms with E-state index in [0.717, 1.165) is 12.8 Å². The van der Waals surface area contributed by atoms with Crippen LogP contribution in [-0.2, 0) is 0 Å². The van der Waals surface area contributed by atoms with Gasteiger partial charge in [-0.15, -0.1) is 0 Å². The van der Waals surface area contributed by atoms with E-state index in [-0.39, 0.29) is 10.8 Å². The maximum atomic E-state index is 14.2. The molecule has 2 rings (SSSR count). The van der Waals surface area contributed by atoms with Crippen molar-refractivity contribution in [2.45, 2.75) is 30.6 Å². The fraction of sp³-hybridized carbons (Fsp3) is 0.462. The largest absolute Gasteiger partial charge is 0.389 e. The zero-order chi connectivity index (χ0) is 14.0. The summed E-state index contributed by atoms with van der Waals surface area (Å²) in [5, 5.41) is 3.96. The van der Waals surface area contributed by atoms with Crippen molar-refractivity contribution >= 4 is 50.6 Å². The number of benzene rings is 1. The van der Waals surface area contributed by atoms with E-state index >= 15 is 0 Å². The smallest absolute Gasteiger partial charge is 0.161 e. The number of hydrogen-bond donors (Lipinski definition) is 2. The van der Waals surface area contributed by atoms with Gasteiger partial charge in [-0.05, 0) is 53.6 Å². The molecule has 0 heterocycles. The van der Waals surface area contributed by atoms with Crippen molar-refractivity contribution in [2.24, 2.45) is 5.73 Å². The average molecular weight is 363 g/mol. The topological polar surface area (TPSA) is 38.0 Å². The van der Waals surface area contributed by atoms with E-state index < -0.39 is 0 Å². The van der Waals surface area contributed by atoms with Gasteiger partial charge in [0.15, 0.2) is 5.82 Å². The predicted octanol–water partition coefficient (Wildman–Crippen LogP) is 3.92. The van der Waals surface area contributed by atoms with Gasteiger partial charge >= 0.3 is 0 Å². The number of hydrogen-bond acceptors (Lipinski definition) is 3. The summed E-state index contributed by atoms with van der Waals surface area (Å²) in [4.78, 5) is 0.195. The summed E-state index contributed by atoms with van der Waals surface area (Å²) in [5.41, 5.74) is 6.59. The van der Waals surface area contributed by atoms with Crippen LogP contribution in [-0.4, -0.2) is 22.5 Å². The number of rotatable bonds is 4. The standard InChI is InChI=1S/C13H16BrFN2S2/c1-19-8-3-2-7(6-8)17-10-5-4-9(13(16)18)11(14)12(10)15/h4-5,7-8,17H,2-3,6H2,1H3,(H2,16,18). The quantitative estimate of drug-likeness (QED) is 0.796. The van der Waals surface area contributed by atoms with Crippen molar-refractivity contribution in [3.63, 3.8) is 0 Å². The van der Waals surface area contributed by atoms with Crippen LogP contribution in [0.3, 0.4) is 0 Å². The van der Waals surface area contributed by atoms with E-state index in [4.69, 9.17) is 18.0 Å². The lowest BCUT2D eigenvalue weighted by Gasteiger charge is -2.16. The molecule has 0 aliphatic heterocycles. The zero-order valence-corrected chi connectivity index (χ0v) is 13.8. The maximum Gasteiger partial charge on any atom is 0.161 e. The van der Waals surface area contributed by atoms with Crippen LogP contribution in [0.15, 0.2) is 16.6 Å². The van der Waals surface area contributed by atoms with Gasteiger partial charge in [0.1, 0.15) is 4.99 Å². The Balaban J connectivity index is 2.14. The molecule has 2 unspecified atom stereocenters. The highest BCUT2D eigenvalue weighted by Gasteiger charge is 2.25. The van der Waals surface area contributed by atoms with E-state index in [2.05, 4.69) is 27.5 Å². The molecule has 2 atom stereocenters. The monoisotopic (exact) mass is 362 g/mol. The summed E-state index contributed by atoms with van der Waals surface area (Å²) in [6.07, 6.45) is 5.47. The number of thiocarbonyl (C=S) groups is 1. The van der Waals surface area contributed by atoms with Gasteiger partial charge in [0.05, 0.1) is 10.2 Å². The number of halogens is 2. The minimum absolute atomic E-state index is 0.195.